The molecule has 6 nitrogen and oxygen atoms in total. The number of aromatic nitrogens is 2. The Hall–Kier alpha value is -4.52. The molecule has 1 unspecified atom stereocenters. The van der Waals surface area contributed by atoms with Gasteiger partial charge in [-0.2, -0.15) is 0 Å². The highest BCUT2D eigenvalue weighted by atomic mass is 19.1. The van der Waals surface area contributed by atoms with Crippen LogP contribution in [0.2, 0.25) is 0 Å². The maximum Gasteiger partial charge on any atom is 0.266 e. The van der Waals surface area contributed by atoms with Crippen LogP contribution in [0.3, 0.4) is 0 Å². The lowest BCUT2D eigenvalue weighted by molar-refractivity contribution is 0.0643. The van der Waals surface area contributed by atoms with Crippen LogP contribution in [0.15, 0.2) is 94.3 Å². The number of halogens is 1. The van der Waals surface area contributed by atoms with E-state index < -0.39 is 17.8 Å². The van der Waals surface area contributed by atoms with Crippen LogP contribution in [0.4, 0.5) is 4.39 Å². The number of aryl methyl sites for hydroxylation is 2. The average Bonchev–Trinajstić information content (AvgIpc) is 3.42. The van der Waals surface area contributed by atoms with Gasteiger partial charge < -0.3 is 9.32 Å². The summed E-state index contributed by atoms with van der Waals surface area (Å²) in [4.78, 5) is 34.0. The number of hydrogen-bond donors (Lipinski definition) is 0. The van der Waals surface area contributed by atoms with E-state index >= 15 is 0 Å². The molecule has 0 aliphatic heterocycles. The summed E-state index contributed by atoms with van der Waals surface area (Å²) < 4.78 is 21.8. The van der Waals surface area contributed by atoms with E-state index in [0.717, 1.165) is 11.1 Å². The monoisotopic (exact) mass is 495 g/mol. The number of nitrogens with zero attached hydrogens (tertiary/aromatic N) is 3. The predicted octanol–water partition coefficient (Wildman–Crippen LogP) is 6.14. The molecule has 37 heavy (non-hydrogen) atoms. The fraction of sp³-hybridized carbons (Fsp3) is 0.167. The number of hydrogen-bond acceptors (Lipinski definition) is 4. The second-order valence-electron chi connectivity index (χ2n) is 9.09. The summed E-state index contributed by atoms with van der Waals surface area (Å²) in [6.45, 7) is 5.74. The number of fused-ring (bicyclic) bond motifs is 1. The van der Waals surface area contributed by atoms with Crippen LogP contribution in [-0.4, -0.2) is 20.4 Å². The molecule has 2 heterocycles. The minimum atomic E-state index is -0.713. The Balaban J connectivity index is 1.74. The molecular weight excluding hydrogens is 469 g/mol. The van der Waals surface area contributed by atoms with Crippen molar-refractivity contribution in [1.29, 1.82) is 0 Å². The topological polar surface area (TPSA) is 68.3 Å². The van der Waals surface area contributed by atoms with Crippen LogP contribution in [0, 0.1) is 19.7 Å². The number of benzene rings is 3. The van der Waals surface area contributed by atoms with Gasteiger partial charge in [-0.25, -0.2) is 9.37 Å². The summed E-state index contributed by atoms with van der Waals surface area (Å²) in [5.74, 6) is -0.258. The SMILES string of the molecule is Cc1ccc(C)c(-n2c(C(C)N(Cc3ccco3)C(=O)c3ccccc3F)nc3ccccc3c2=O)c1. The van der Waals surface area contributed by atoms with Gasteiger partial charge in [0.2, 0.25) is 0 Å². The number of carbonyl (C=O) groups excluding carboxylic acids is 1. The summed E-state index contributed by atoms with van der Waals surface area (Å²) in [6.07, 6.45) is 1.52. The number of rotatable bonds is 6. The number of carbonyl (C=O) groups is 1. The Labute approximate surface area is 213 Å². The number of amides is 1. The van der Waals surface area contributed by atoms with Gasteiger partial charge in [0.25, 0.3) is 11.5 Å². The Morgan fingerprint density at radius 2 is 1.78 bits per heavy atom. The van der Waals surface area contributed by atoms with E-state index in [9.17, 15) is 14.0 Å². The smallest absolute Gasteiger partial charge is 0.266 e. The zero-order valence-electron chi connectivity index (χ0n) is 20.8. The van der Waals surface area contributed by atoms with Crippen molar-refractivity contribution >= 4 is 16.8 Å². The largest absolute Gasteiger partial charge is 0.467 e. The van der Waals surface area contributed by atoms with E-state index in [1.165, 1.54) is 29.4 Å². The third-order valence-electron chi connectivity index (χ3n) is 6.52. The van der Waals surface area contributed by atoms with Gasteiger partial charge in [-0.05, 0) is 74.4 Å². The molecule has 2 aromatic heterocycles. The summed E-state index contributed by atoms with van der Waals surface area (Å²) >= 11 is 0. The minimum Gasteiger partial charge on any atom is -0.467 e. The standard InChI is InChI=1S/C30H26FN3O3/c1-19-14-15-20(2)27(17-19)34-28(32-26-13-7-5-11-24(26)30(34)36)21(3)33(18-22-9-8-16-37-22)29(35)23-10-4-6-12-25(23)31/h4-17,21H,18H2,1-3H3. The molecule has 0 saturated carbocycles. The van der Waals surface area contributed by atoms with Gasteiger partial charge in [0.1, 0.15) is 17.4 Å². The molecule has 0 spiro atoms. The lowest BCUT2D eigenvalue weighted by atomic mass is 10.1. The molecule has 1 atom stereocenters. The molecule has 0 fully saturated rings. The van der Waals surface area contributed by atoms with Gasteiger partial charge in [-0.15, -0.1) is 0 Å². The highest BCUT2D eigenvalue weighted by Gasteiger charge is 2.30. The molecule has 3 aromatic carbocycles. The van der Waals surface area contributed by atoms with Crippen molar-refractivity contribution in [3.05, 3.63) is 130 Å². The normalized spacial score (nSPS) is 12.0. The molecule has 5 aromatic rings. The summed E-state index contributed by atoms with van der Waals surface area (Å²) in [7, 11) is 0. The minimum absolute atomic E-state index is 0.0663. The van der Waals surface area contributed by atoms with E-state index in [0.29, 0.717) is 28.2 Å². The summed E-state index contributed by atoms with van der Waals surface area (Å²) in [5, 5.41) is 0.470. The van der Waals surface area contributed by atoms with Crippen LogP contribution < -0.4 is 5.56 Å². The van der Waals surface area contributed by atoms with Gasteiger partial charge in [-0.1, -0.05) is 36.4 Å². The van der Waals surface area contributed by atoms with Gasteiger partial charge in [0, 0.05) is 0 Å². The fourth-order valence-electron chi connectivity index (χ4n) is 4.51. The second-order valence-corrected chi connectivity index (χ2v) is 9.09. The average molecular weight is 496 g/mol. The summed E-state index contributed by atoms with van der Waals surface area (Å²) in [5.41, 5.74) is 2.76. The van der Waals surface area contributed by atoms with Crippen LogP contribution in [0.1, 0.15) is 46.0 Å². The van der Waals surface area contributed by atoms with Crippen molar-refractivity contribution in [2.75, 3.05) is 0 Å². The first-order chi connectivity index (χ1) is 17.8. The zero-order valence-corrected chi connectivity index (χ0v) is 20.8. The van der Waals surface area contributed by atoms with E-state index in [-0.39, 0.29) is 17.7 Å². The first kappa shape index (κ1) is 24.2. The fourth-order valence-corrected chi connectivity index (χ4v) is 4.51. The highest BCUT2D eigenvalue weighted by molar-refractivity contribution is 5.94. The molecular formula is C30H26FN3O3. The molecule has 186 valence electrons. The van der Waals surface area contributed by atoms with Gasteiger partial charge in [0.05, 0.1) is 41.0 Å². The molecule has 0 radical (unpaired) electrons. The first-order valence-electron chi connectivity index (χ1n) is 12.0. The van der Waals surface area contributed by atoms with Crippen molar-refractivity contribution in [2.24, 2.45) is 0 Å². The third-order valence-corrected chi connectivity index (χ3v) is 6.52. The van der Waals surface area contributed by atoms with Crippen molar-refractivity contribution in [3.63, 3.8) is 0 Å². The molecule has 5 rings (SSSR count). The molecule has 0 bridgehead atoms. The van der Waals surface area contributed by atoms with Crippen LogP contribution in [-0.2, 0) is 6.54 Å². The van der Waals surface area contributed by atoms with Crippen LogP contribution in [0.25, 0.3) is 16.6 Å². The quantitative estimate of drug-likeness (QED) is 0.284. The van der Waals surface area contributed by atoms with E-state index in [2.05, 4.69) is 0 Å². The Kier molecular flexibility index (Phi) is 6.44. The highest BCUT2D eigenvalue weighted by Crippen LogP contribution is 2.28. The van der Waals surface area contributed by atoms with Gasteiger partial charge in [-0.3, -0.25) is 14.2 Å². The molecule has 0 aliphatic carbocycles. The van der Waals surface area contributed by atoms with Gasteiger partial charge >= 0.3 is 0 Å². The molecule has 1 amide bonds. The van der Waals surface area contributed by atoms with Crippen molar-refractivity contribution in [2.45, 2.75) is 33.4 Å². The first-order valence-corrected chi connectivity index (χ1v) is 12.0. The molecule has 0 aliphatic rings. The molecule has 0 saturated heterocycles. The number of para-hydroxylation sites is 1. The second kappa shape index (κ2) is 9.85. The Morgan fingerprint density at radius 1 is 1.03 bits per heavy atom. The maximum atomic E-state index is 14.7. The number of furan rings is 1. The van der Waals surface area contributed by atoms with Crippen LogP contribution in [0.5, 0.6) is 0 Å². The maximum absolute atomic E-state index is 14.7. The lowest BCUT2D eigenvalue weighted by Crippen LogP contribution is -2.37. The van der Waals surface area contributed by atoms with E-state index in [1.54, 1.807) is 47.9 Å². The van der Waals surface area contributed by atoms with Crippen LogP contribution >= 0.6 is 0 Å². The predicted molar refractivity (Wildman–Crippen MR) is 140 cm³/mol. The molecule has 0 N–H and O–H groups in total. The van der Waals surface area contributed by atoms with Crippen molar-refractivity contribution in [3.8, 4) is 5.69 Å². The Morgan fingerprint density at radius 3 is 2.54 bits per heavy atom. The lowest BCUT2D eigenvalue weighted by Gasteiger charge is -2.30. The summed E-state index contributed by atoms with van der Waals surface area (Å²) in [6, 6.07) is 21.6. The third kappa shape index (κ3) is 4.56. The zero-order chi connectivity index (χ0) is 26.1. The molecule has 7 heteroatoms. The van der Waals surface area contributed by atoms with E-state index in [4.69, 9.17) is 9.40 Å². The Bertz CT molecular complexity index is 1660. The van der Waals surface area contributed by atoms with Crippen molar-refractivity contribution in [1.82, 2.24) is 14.5 Å². The van der Waals surface area contributed by atoms with Crippen molar-refractivity contribution < 1.29 is 13.6 Å². The van der Waals surface area contributed by atoms with E-state index in [1.807, 2.05) is 38.1 Å². The van der Waals surface area contributed by atoms with Gasteiger partial charge in [0.15, 0.2) is 0 Å².